The van der Waals surface area contributed by atoms with Gasteiger partial charge in [-0.1, -0.05) is 31.4 Å². The normalized spacial score (nSPS) is 16.0. The molecule has 0 saturated heterocycles. The van der Waals surface area contributed by atoms with Crippen molar-refractivity contribution in [2.24, 2.45) is 0 Å². The van der Waals surface area contributed by atoms with Gasteiger partial charge >= 0.3 is 12.1 Å². The van der Waals surface area contributed by atoms with E-state index in [1.807, 2.05) is 0 Å². The number of nitrogens with zero attached hydrogens (tertiary/aromatic N) is 3. The Morgan fingerprint density at radius 3 is 2.70 bits per heavy atom. The molecule has 1 saturated carbocycles. The van der Waals surface area contributed by atoms with Crippen LogP contribution < -0.4 is 10.4 Å². The quantitative estimate of drug-likeness (QED) is 0.742. The Labute approximate surface area is 152 Å². The van der Waals surface area contributed by atoms with Crippen molar-refractivity contribution in [1.29, 1.82) is 0 Å². The van der Waals surface area contributed by atoms with Crippen LogP contribution in [0, 0.1) is 0 Å². The van der Waals surface area contributed by atoms with E-state index in [0.717, 1.165) is 32.1 Å². The maximum absolute atomic E-state index is 12.5. The number of hydrogen-bond donors (Lipinski definition) is 1. The van der Waals surface area contributed by atoms with Crippen molar-refractivity contribution in [2.45, 2.75) is 44.5 Å². The first-order chi connectivity index (χ1) is 12.9. The molecule has 0 atom stereocenters. The molecule has 6 nitrogen and oxygen atoms in total. The minimum Gasteiger partial charge on any atom is -0.406 e. The molecule has 9 heteroatoms. The third-order valence-corrected chi connectivity index (χ3v) is 4.73. The lowest BCUT2D eigenvalue weighted by Gasteiger charge is -2.22. The van der Waals surface area contributed by atoms with E-state index in [9.17, 15) is 18.0 Å². The molecule has 4 rings (SSSR count). The van der Waals surface area contributed by atoms with Gasteiger partial charge in [-0.15, -0.1) is 13.2 Å². The number of ether oxygens (including phenoxy) is 1. The molecule has 142 valence electrons. The number of fused-ring (bicyclic) bond motifs is 1. The van der Waals surface area contributed by atoms with E-state index >= 15 is 0 Å². The maximum atomic E-state index is 12.5. The number of H-pyrrole nitrogens is 1. The van der Waals surface area contributed by atoms with E-state index in [-0.39, 0.29) is 17.5 Å². The molecule has 1 fully saturated rings. The fraction of sp³-hybridized carbons (Fsp3) is 0.389. The van der Waals surface area contributed by atoms with Gasteiger partial charge in [0.05, 0.1) is 11.9 Å². The molecule has 0 amide bonds. The smallest absolute Gasteiger partial charge is 0.406 e. The molecule has 1 N–H and O–H groups in total. The second-order valence-electron chi connectivity index (χ2n) is 6.60. The summed E-state index contributed by atoms with van der Waals surface area (Å²) in [7, 11) is 0. The van der Waals surface area contributed by atoms with Crippen LogP contribution in [0.15, 0.2) is 35.3 Å². The summed E-state index contributed by atoms with van der Waals surface area (Å²) in [6.07, 6.45) is 1.70. The summed E-state index contributed by atoms with van der Waals surface area (Å²) in [6, 6.07) is 5.60. The van der Waals surface area contributed by atoms with Gasteiger partial charge in [0.25, 0.3) is 0 Å². The predicted octanol–water partition coefficient (Wildman–Crippen LogP) is 4.19. The molecule has 2 aromatic heterocycles. The van der Waals surface area contributed by atoms with Gasteiger partial charge in [-0.3, -0.25) is 9.55 Å². The largest absolute Gasteiger partial charge is 0.573 e. The third kappa shape index (κ3) is 3.67. The highest BCUT2D eigenvalue weighted by Gasteiger charge is 2.31. The van der Waals surface area contributed by atoms with Crippen LogP contribution in [0.2, 0.25) is 0 Å². The van der Waals surface area contributed by atoms with E-state index < -0.39 is 6.36 Å². The lowest BCUT2D eigenvalue weighted by molar-refractivity contribution is -0.274. The van der Waals surface area contributed by atoms with E-state index in [1.54, 1.807) is 10.6 Å². The fourth-order valence-electron chi connectivity index (χ4n) is 3.56. The summed E-state index contributed by atoms with van der Waals surface area (Å²) >= 11 is 0. The van der Waals surface area contributed by atoms with Crippen LogP contribution in [-0.4, -0.2) is 25.9 Å². The molecule has 1 aliphatic rings. The van der Waals surface area contributed by atoms with Gasteiger partial charge in [-0.2, -0.15) is 0 Å². The Balaban J connectivity index is 1.75. The van der Waals surface area contributed by atoms with Crippen molar-refractivity contribution in [1.82, 2.24) is 19.5 Å². The predicted molar refractivity (Wildman–Crippen MR) is 92.4 cm³/mol. The molecule has 3 aromatic rings. The highest BCUT2D eigenvalue weighted by molar-refractivity contribution is 5.71. The van der Waals surface area contributed by atoms with Crippen molar-refractivity contribution >= 4 is 11.3 Å². The molecule has 27 heavy (non-hydrogen) atoms. The second kappa shape index (κ2) is 6.71. The molecule has 1 aliphatic carbocycles. The summed E-state index contributed by atoms with van der Waals surface area (Å²) in [4.78, 5) is 23.8. The summed E-state index contributed by atoms with van der Waals surface area (Å²) < 4.78 is 42.9. The van der Waals surface area contributed by atoms with Crippen molar-refractivity contribution < 1.29 is 17.9 Å². The zero-order valence-corrected chi connectivity index (χ0v) is 14.3. The number of nitrogens with one attached hydrogen (secondary N) is 1. The number of imidazole rings is 1. The topological polar surface area (TPSA) is 72.8 Å². The molecule has 0 spiro atoms. The van der Waals surface area contributed by atoms with E-state index in [0.29, 0.717) is 22.6 Å². The number of alkyl halides is 3. The SMILES string of the molecule is O=c1[nH]c2ncc(-c3cccc(OC(F)(F)F)c3)nc2n1C1CCCCC1. The molecular weight excluding hydrogens is 361 g/mol. The Morgan fingerprint density at radius 2 is 1.96 bits per heavy atom. The van der Waals surface area contributed by atoms with Crippen LogP contribution in [0.4, 0.5) is 13.2 Å². The fourth-order valence-corrected chi connectivity index (χ4v) is 3.56. The van der Waals surface area contributed by atoms with Crippen LogP contribution in [0.1, 0.15) is 38.1 Å². The van der Waals surface area contributed by atoms with E-state index in [2.05, 4.69) is 19.7 Å². The summed E-state index contributed by atoms with van der Waals surface area (Å²) in [5.41, 5.74) is 1.33. The van der Waals surface area contributed by atoms with Gasteiger partial charge in [0.2, 0.25) is 0 Å². The van der Waals surface area contributed by atoms with Crippen LogP contribution in [0.5, 0.6) is 5.75 Å². The molecule has 0 unspecified atom stereocenters. The van der Waals surface area contributed by atoms with Gasteiger partial charge in [-0.05, 0) is 25.0 Å². The Kier molecular flexibility index (Phi) is 4.37. The second-order valence-corrected chi connectivity index (χ2v) is 6.60. The number of aromatic amines is 1. The zero-order valence-electron chi connectivity index (χ0n) is 14.3. The van der Waals surface area contributed by atoms with Crippen LogP contribution >= 0.6 is 0 Å². The first kappa shape index (κ1) is 17.6. The van der Waals surface area contributed by atoms with Crippen molar-refractivity contribution in [3.8, 4) is 17.0 Å². The minimum absolute atomic E-state index is 0.0597. The third-order valence-electron chi connectivity index (χ3n) is 4.73. The van der Waals surface area contributed by atoms with Crippen molar-refractivity contribution in [3.63, 3.8) is 0 Å². The monoisotopic (exact) mass is 378 g/mol. The molecule has 0 aliphatic heterocycles. The Morgan fingerprint density at radius 1 is 1.19 bits per heavy atom. The average Bonchev–Trinajstić information content (AvgIpc) is 2.96. The van der Waals surface area contributed by atoms with Gasteiger partial charge in [0.1, 0.15) is 5.75 Å². The van der Waals surface area contributed by atoms with Crippen LogP contribution in [0.25, 0.3) is 22.6 Å². The van der Waals surface area contributed by atoms with Gasteiger partial charge in [0.15, 0.2) is 11.3 Å². The number of benzene rings is 1. The van der Waals surface area contributed by atoms with E-state index in [1.165, 1.54) is 24.4 Å². The molecule has 2 heterocycles. The van der Waals surface area contributed by atoms with Gasteiger partial charge < -0.3 is 4.74 Å². The first-order valence-electron chi connectivity index (χ1n) is 8.74. The highest BCUT2D eigenvalue weighted by atomic mass is 19.4. The first-order valence-corrected chi connectivity index (χ1v) is 8.74. The van der Waals surface area contributed by atoms with Crippen molar-refractivity contribution in [3.05, 3.63) is 40.9 Å². The lowest BCUT2D eigenvalue weighted by atomic mass is 9.95. The number of rotatable bonds is 3. The standard InChI is InChI=1S/C18H17F3N4O2/c19-18(20,21)27-13-8-4-5-11(9-13)14-10-22-15-16(23-14)25(17(26)24-15)12-6-2-1-3-7-12/h4-5,8-10,12H,1-3,6-7H2,(H,22,24,26). The summed E-state index contributed by atoms with van der Waals surface area (Å²) in [5, 5.41) is 0. The van der Waals surface area contributed by atoms with E-state index in [4.69, 9.17) is 0 Å². The zero-order chi connectivity index (χ0) is 19.0. The minimum atomic E-state index is -4.77. The molecular formula is C18H17F3N4O2. The number of halogens is 3. The maximum Gasteiger partial charge on any atom is 0.573 e. The Hall–Kier alpha value is -2.84. The molecule has 0 radical (unpaired) electrons. The lowest BCUT2D eigenvalue weighted by Crippen LogP contribution is -2.24. The van der Waals surface area contributed by atoms with Crippen LogP contribution in [-0.2, 0) is 0 Å². The molecule has 1 aromatic carbocycles. The summed E-state index contributed by atoms with van der Waals surface area (Å²) in [6.45, 7) is 0. The van der Waals surface area contributed by atoms with Gasteiger partial charge in [0, 0.05) is 11.6 Å². The molecule has 0 bridgehead atoms. The number of aromatic nitrogens is 4. The van der Waals surface area contributed by atoms with Crippen LogP contribution in [0.3, 0.4) is 0 Å². The Bertz CT molecular complexity index is 1020. The average molecular weight is 378 g/mol. The highest BCUT2D eigenvalue weighted by Crippen LogP contribution is 2.30. The number of hydrogen-bond acceptors (Lipinski definition) is 4. The summed E-state index contributed by atoms with van der Waals surface area (Å²) in [5.74, 6) is -0.333. The van der Waals surface area contributed by atoms with Crippen molar-refractivity contribution in [2.75, 3.05) is 0 Å². The van der Waals surface area contributed by atoms with Gasteiger partial charge in [-0.25, -0.2) is 14.8 Å².